The van der Waals surface area contributed by atoms with Crippen molar-refractivity contribution in [3.8, 4) is 11.8 Å². The number of unbranched alkanes of at least 4 members (excludes halogenated alkanes) is 1. The largest absolute Gasteiger partial charge is 0.103 e. The van der Waals surface area contributed by atoms with Gasteiger partial charge in [-0.2, -0.15) is 0 Å². The third-order valence-electron chi connectivity index (χ3n) is 1.74. The van der Waals surface area contributed by atoms with Crippen molar-refractivity contribution < 1.29 is 0 Å². The highest BCUT2D eigenvalue weighted by Gasteiger charge is 2.12. The molecular weight excluding hydrogens is 132 g/mol. The summed E-state index contributed by atoms with van der Waals surface area (Å²) in [7, 11) is 0. The van der Waals surface area contributed by atoms with Crippen molar-refractivity contribution in [2.24, 2.45) is 5.41 Å². The molecule has 0 N–H and O–H groups in total. The molecule has 0 heterocycles. The number of hydrogen-bond acceptors (Lipinski definition) is 0. The average molecular weight is 151 g/mol. The third-order valence-corrected chi connectivity index (χ3v) is 1.74. The first kappa shape index (κ1) is 10.6. The Morgan fingerprint density at radius 3 is 2.36 bits per heavy atom. The van der Waals surface area contributed by atoms with Gasteiger partial charge in [-0.3, -0.25) is 0 Å². The molecule has 0 aliphatic carbocycles. The topological polar surface area (TPSA) is 0 Å². The monoisotopic (exact) mass is 151 g/mol. The van der Waals surface area contributed by atoms with Crippen LogP contribution in [0.25, 0.3) is 0 Å². The van der Waals surface area contributed by atoms with Crippen LogP contribution in [-0.4, -0.2) is 0 Å². The molecule has 0 aliphatic heterocycles. The van der Waals surface area contributed by atoms with Crippen LogP contribution in [0, 0.1) is 24.2 Å². The van der Waals surface area contributed by atoms with Gasteiger partial charge in [-0.1, -0.05) is 27.7 Å². The molecule has 0 heteroatoms. The quantitative estimate of drug-likeness (QED) is 0.542. The highest BCUT2D eigenvalue weighted by Crippen LogP contribution is 2.22. The molecule has 0 saturated heterocycles. The zero-order valence-corrected chi connectivity index (χ0v) is 8.04. The number of rotatable bonds is 3. The molecule has 0 unspecified atom stereocenters. The first-order chi connectivity index (χ1) is 5.12. The van der Waals surface area contributed by atoms with Crippen LogP contribution in [0.15, 0.2) is 0 Å². The molecule has 0 aliphatic rings. The Kier molecular flexibility index (Phi) is 5.03. The maximum absolute atomic E-state index is 3.89. The van der Waals surface area contributed by atoms with Crippen LogP contribution >= 0.6 is 0 Å². The fourth-order valence-electron chi connectivity index (χ4n) is 0.604. The van der Waals surface area contributed by atoms with Crippen molar-refractivity contribution in [3.63, 3.8) is 0 Å². The van der Waals surface area contributed by atoms with E-state index in [9.17, 15) is 0 Å². The maximum atomic E-state index is 3.89. The molecule has 0 aromatic carbocycles. The standard InChI is InChI=1S/C11H19/c1-5-7-8-9-10-11(3,4)6-2/h2,5-7,10H2,1,3-4H3. The molecule has 1 radical (unpaired) electrons. The lowest BCUT2D eigenvalue weighted by atomic mass is 9.87. The van der Waals surface area contributed by atoms with Crippen LogP contribution in [0.3, 0.4) is 0 Å². The van der Waals surface area contributed by atoms with Gasteiger partial charge in [-0.05, 0) is 18.3 Å². The predicted octanol–water partition coefficient (Wildman–Crippen LogP) is 3.43. The van der Waals surface area contributed by atoms with Gasteiger partial charge >= 0.3 is 0 Å². The van der Waals surface area contributed by atoms with E-state index in [0.29, 0.717) is 5.41 Å². The first-order valence-electron chi connectivity index (χ1n) is 4.37. The van der Waals surface area contributed by atoms with E-state index in [1.807, 2.05) is 0 Å². The van der Waals surface area contributed by atoms with Crippen LogP contribution in [-0.2, 0) is 0 Å². The van der Waals surface area contributed by atoms with E-state index in [-0.39, 0.29) is 0 Å². The second-order valence-electron chi connectivity index (χ2n) is 3.69. The van der Waals surface area contributed by atoms with Crippen LogP contribution in [0.5, 0.6) is 0 Å². The molecule has 0 bridgehead atoms. The minimum Gasteiger partial charge on any atom is -0.103 e. The molecule has 0 spiro atoms. The van der Waals surface area contributed by atoms with Gasteiger partial charge in [-0.25, -0.2) is 0 Å². The Hall–Kier alpha value is -0.440. The van der Waals surface area contributed by atoms with Gasteiger partial charge in [0.2, 0.25) is 0 Å². The minimum atomic E-state index is 0.306. The van der Waals surface area contributed by atoms with Crippen molar-refractivity contribution in [3.05, 3.63) is 6.92 Å². The average Bonchev–Trinajstić information content (AvgIpc) is 1.99. The number of hydrogen-bond donors (Lipinski definition) is 0. The zero-order chi connectivity index (χ0) is 8.74. The summed E-state index contributed by atoms with van der Waals surface area (Å²) in [5.74, 6) is 6.34. The Labute approximate surface area is 71.4 Å². The summed E-state index contributed by atoms with van der Waals surface area (Å²) in [4.78, 5) is 0. The summed E-state index contributed by atoms with van der Waals surface area (Å²) >= 11 is 0. The molecule has 11 heavy (non-hydrogen) atoms. The van der Waals surface area contributed by atoms with Gasteiger partial charge in [0.25, 0.3) is 0 Å². The lowest BCUT2D eigenvalue weighted by Gasteiger charge is -2.18. The van der Waals surface area contributed by atoms with Crippen molar-refractivity contribution in [2.45, 2.75) is 46.5 Å². The van der Waals surface area contributed by atoms with Crippen molar-refractivity contribution in [1.82, 2.24) is 0 Å². The van der Waals surface area contributed by atoms with Crippen LogP contribution in [0.2, 0.25) is 0 Å². The van der Waals surface area contributed by atoms with Crippen LogP contribution in [0.4, 0.5) is 0 Å². The molecule has 0 saturated carbocycles. The van der Waals surface area contributed by atoms with Gasteiger partial charge in [0.05, 0.1) is 0 Å². The SMILES string of the molecule is [CH2]CC(C)(C)CC#CCCC. The second kappa shape index (κ2) is 5.24. The van der Waals surface area contributed by atoms with Gasteiger partial charge in [0, 0.05) is 12.8 Å². The normalized spacial score (nSPS) is 10.5. The Morgan fingerprint density at radius 1 is 1.27 bits per heavy atom. The summed E-state index contributed by atoms with van der Waals surface area (Å²) < 4.78 is 0. The van der Waals surface area contributed by atoms with Crippen molar-refractivity contribution >= 4 is 0 Å². The van der Waals surface area contributed by atoms with Crippen molar-refractivity contribution in [2.75, 3.05) is 0 Å². The predicted molar refractivity (Wildman–Crippen MR) is 51.1 cm³/mol. The molecule has 0 aromatic heterocycles. The third kappa shape index (κ3) is 5.98. The van der Waals surface area contributed by atoms with E-state index < -0.39 is 0 Å². The Morgan fingerprint density at radius 2 is 1.91 bits per heavy atom. The van der Waals surface area contributed by atoms with E-state index in [1.54, 1.807) is 0 Å². The Balaban J connectivity index is 3.62. The van der Waals surface area contributed by atoms with Crippen LogP contribution in [0.1, 0.15) is 46.5 Å². The fraction of sp³-hybridized carbons (Fsp3) is 0.727. The fourth-order valence-corrected chi connectivity index (χ4v) is 0.604. The molecule has 63 valence electrons. The molecule has 0 aromatic rings. The van der Waals surface area contributed by atoms with Crippen molar-refractivity contribution in [1.29, 1.82) is 0 Å². The highest BCUT2D eigenvalue weighted by molar-refractivity contribution is 5.01. The smallest absolute Gasteiger partial charge is 0.0140 e. The summed E-state index contributed by atoms with van der Waals surface area (Å²) in [5.41, 5.74) is 0.306. The molecular formula is C11H19. The zero-order valence-electron chi connectivity index (χ0n) is 8.04. The van der Waals surface area contributed by atoms with Gasteiger partial charge in [-0.15, -0.1) is 11.8 Å². The van der Waals surface area contributed by atoms with Gasteiger partial charge < -0.3 is 0 Å². The summed E-state index contributed by atoms with van der Waals surface area (Å²) in [6.07, 6.45) is 4.15. The minimum absolute atomic E-state index is 0.306. The second-order valence-corrected chi connectivity index (χ2v) is 3.69. The van der Waals surface area contributed by atoms with E-state index >= 15 is 0 Å². The van der Waals surface area contributed by atoms with Gasteiger partial charge in [0.1, 0.15) is 0 Å². The lowest BCUT2D eigenvalue weighted by molar-refractivity contribution is 0.381. The molecule has 0 amide bonds. The first-order valence-corrected chi connectivity index (χ1v) is 4.37. The van der Waals surface area contributed by atoms with E-state index in [1.165, 1.54) is 0 Å². The highest BCUT2D eigenvalue weighted by atomic mass is 14.2. The summed E-state index contributed by atoms with van der Waals surface area (Å²) in [6.45, 7) is 10.5. The summed E-state index contributed by atoms with van der Waals surface area (Å²) in [5, 5.41) is 0. The van der Waals surface area contributed by atoms with Crippen LogP contribution < -0.4 is 0 Å². The molecule has 0 rings (SSSR count). The Bertz CT molecular complexity index is 143. The lowest BCUT2D eigenvalue weighted by Crippen LogP contribution is -2.07. The van der Waals surface area contributed by atoms with E-state index in [2.05, 4.69) is 39.5 Å². The van der Waals surface area contributed by atoms with E-state index in [4.69, 9.17) is 0 Å². The van der Waals surface area contributed by atoms with E-state index in [0.717, 1.165) is 25.7 Å². The summed E-state index contributed by atoms with van der Waals surface area (Å²) in [6, 6.07) is 0. The molecule has 0 atom stereocenters. The maximum Gasteiger partial charge on any atom is 0.0140 e. The molecule has 0 nitrogen and oxygen atoms in total. The molecule has 0 fully saturated rings. The van der Waals surface area contributed by atoms with Gasteiger partial charge in [0.15, 0.2) is 0 Å².